The highest BCUT2D eigenvalue weighted by Gasteiger charge is 2.19. The predicted octanol–water partition coefficient (Wildman–Crippen LogP) is 4.63. The Morgan fingerprint density at radius 3 is 2.57 bits per heavy atom. The molecule has 144 valence electrons. The van der Waals surface area contributed by atoms with Gasteiger partial charge in [0.15, 0.2) is 0 Å². The van der Waals surface area contributed by atoms with Crippen molar-refractivity contribution in [2.45, 2.75) is 19.8 Å². The van der Waals surface area contributed by atoms with Gasteiger partial charge in [-0.25, -0.2) is 4.68 Å². The number of nitrogens with one attached hydrogen (secondary N) is 1. The molecule has 0 bridgehead atoms. The molecule has 3 rings (SSSR count). The van der Waals surface area contributed by atoms with Crippen molar-refractivity contribution >= 4 is 23.2 Å². The van der Waals surface area contributed by atoms with Crippen LogP contribution in [0.2, 0.25) is 5.02 Å². The number of aromatic nitrogens is 2. The van der Waals surface area contributed by atoms with Crippen molar-refractivity contribution < 1.29 is 9.72 Å². The van der Waals surface area contributed by atoms with Crippen LogP contribution in [0.25, 0.3) is 16.9 Å². The van der Waals surface area contributed by atoms with Gasteiger partial charge in [-0.3, -0.25) is 14.9 Å². The number of amides is 1. The Bertz CT molecular complexity index is 999. The zero-order valence-corrected chi connectivity index (χ0v) is 16.0. The molecule has 2 aromatic carbocycles. The maximum Gasteiger partial charge on any atom is 0.270 e. The molecule has 0 saturated heterocycles. The zero-order chi connectivity index (χ0) is 20.1. The number of carbonyl (C=O) groups excluding carboxylic acids is 1. The van der Waals surface area contributed by atoms with Crippen LogP contribution in [0, 0.1) is 10.1 Å². The first-order valence-corrected chi connectivity index (χ1v) is 9.27. The quantitative estimate of drug-likeness (QED) is 0.357. The van der Waals surface area contributed by atoms with Gasteiger partial charge in [0.05, 0.1) is 21.3 Å². The zero-order valence-electron chi connectivity index (χ0n) is 15.3. The average molecular weight is 399 g/mol. The van der Waals surface area contributed by atoms with Crippen molar-refractivity contribution in [1.29, 1.82) is 0 Å². The van der Waals surface area contributed by atoms with Gasteiger partial charge in [-0.1, -0.05) is 37.1 Å². The summed E-state index contributed by atoms with van der Waals surface area (Å²) in [5, 5.41) is 18.7. The number of nitro groups is 1. The van der Waals surface area contributed by atoms with E-state index in [1.165, 1.54) is 16.8 Å². The Balaban J connectivity index is 2.03. The molecule has 3 aromatic rings. The fraction of sp³-hybridized carbons (Fsp3) is 0.200. The van der Waals surface area contributed by atoms with Gasteiger partial charge in [0.1, 0.15) is 5.69 Å². The molecule has 0 aliphatic heterocycles. The number of para-hydroxylation sites is 1. The summed E-state index contributed by atoms with van der Waals surface area (Å²) in [6, 6.07) is 14.8. The van der Waals surface area contributed by atoms with Gasteiger partial charge in [0.25, 0.3) is 11.6 Å². The summed E-state index contributed by atoms with van der Waals surface area (Å²) in [4.78, 5) is 23.1. The van der Waals surface area contributed by atoms with E-state index in [1.54, 1.807) is 36.4 Å². The van der Waals surface area contributed by atoms with Crippen molar-refractivity contribution in [3.05, 3.63) is 75.4 Å². The van der Waals surface area contributed by atoms with E-state index in [0.717, 1.165) is 12.8 Å². The molecule has 0 aliphatic rings. The van der Waals surface area contributed by atoms with Crippen LogP contribution < -0.4 is 5.32 Å². The van der Waals surface area contributed by atoms with Gasteiger partial charge in [0.2, 0.25) is 0 Å². The predicted molar refractivity (Wildman–Crippen MR) is 108 cm³/mol. The summed E-state index contributed by atoms with van der Waals surface area (Å²) in [5.74, 6) is -0.256. The molecule has 0 aliphatic carbocycles. The van der Waals surface area contributed by atoms with Crippen LogP contribution in [-0.4, -0.2) is 27.2 Å². The molecular weight excluding hydrogens is 380 g/mol. The van der Waals surface area contributed by atoms with Gasteiger partial charge in [-0.2, -0.15) is 5.10 Å². The van der Waals surface area contributed by atoms with Gasteiger partial charge in [-0.15, -0.1) is 0 Å². The fourth-order valence-corrected chi connectivity index (χ4v) is 2.93. The third-order valence-corrected chi connectivity index (χ3v) is 4.53. The minimum absolute atomic E-state index is 0.00758. The third kappa shape index (κ3) is 4.20. The molecule has 0 saturated carbocycles. The Morgan fingerprint density at radius 1 is 1.21 bits per heavy atom. The number of carbonyl (C=O) groups is 1. The van der Waals surface area contributed by atoms with Crippen LogP contribution in [-0.2, 0) is 0 Å². The van der Waals surface area contributed by atoms with Crippen LogP contribution in [0.3, 0.4) is 0 Å². The second-order valence-corrected chi connectivity index (χ2v) is 6.60. The number of hydrogen-bond acceptors (Lipinski definition) is 4. The van der Waals surface area contributed by atoms with Crippen LogP contribution in [0.1, 0.15) is 30.3 Å². The van der Waals surface area contributed by atoms with Gasteiger partial charge >= 0.3 is 0 Å². The standard InChI is InChI=1S/C20H19ClN4O3/c1-2-3-12-22-20(26)19-13-17(14-8-10-15(11-9-14)25(27)28)23-24(19)18-7-5-4-6-16(18)21/h4-11,13H,2-3,12H2,1H3,(H,22,26). The van der Waals surface area contributed by atoms with Crippen molar-refractivity contribution in [2.75, 3.05) is 6.54 Å². The first kappa shape index (κ1) is 19.6. The van der Waals surface area contributed by atoms with E-state index in [4.69, 9.17) is 11.6 Å². The summed E-state index contributed by atoms with van der Waals surface area (Å²) in [7, 11) is 0. The summed E-state index contributed by atoms with van der Waals surface area (Å²) in [6.07, 6.45) is 1.85. The Hall–Kier alpha value is -3.19. The number of non-ortho nitro benzene ring substituents is 1. The molecule has 0 radical (unpaired) electrons. The lowest BCUT2D eigenvalue weighted by atomic mass is 10.1. The summed E-state index contributed by atoms with van der Waals surface area (Å²) >= 11 is 6.31. The molecule has 0 atom stereocenters. The lowest BCUT2D eigenvalue weighted by Crippen LogP contribution is -2.26. The van der Waals surface area contributed by atoms with E-state index in [9.17, 15) is 14.9 Å². The molecule has 1 N–H and O–H groups in total. The molecule has 0 unspecified atom stereocenters. The number of unbranched alkanes of at least 4 members (excludes halogenated alkanes) is 1. The number of nitro benzene ring substituents is 1. The highest BCUT2D eigenvalue weighted by Crippen LogP contribution is 2.26. The minimum Gasteiger partial charge on any atom is -0.351 e. The molecule has 8 heteroatoms. The van der Waals surface area contributed by atoms with E-state index in [-0.39, 0.29) is 11.6 Å². The Morgan fingerprint density at radius 2 is 1.93 bits per heavy atom. The monoisotopic (exact) mass is 398 g/mol. The molecular formula is C20H19ClN4O3. The highest BCUT2D eigenvalue weighted by atomic mass is 35.5. The van der Waals surface area contributed by atoms with E-state index < -0.39 is 4.92 Å². The lowest BCUT2D eigenvalue weighted by Gasteiger charge is -2.09. The van der Waals surface area contributed by atoms with Gasteiger partial charge in [-0.05, 0) is 36.8 Å². The molecule has 0 fully saturated rings. The highest BCUT2D eigenvalue weighted by molar-refractivity contribution is 6.32. The van der Waals surface area contributed by atoms with Crippen LogP contribution in [0.5, 0.6) is 0 Å². The second-order valence-electron chi connectivity index (χ2n) is 6.19. The van der Waals surface area contributed by atoms with Crippen LogP contribution in [0.4, 0.5) is 5.69 Å². The van der Waals surface area contributed by atoms with E-state index in [2.05, 4.69) is 10.4 Å². The number of hydrogen-bond donors (Lipinski definition) is 1. The van der Waals surface area contributed by atoms with Crippen LogP contribution in [0.15, 0.2) is 54.6 Å². The lowest BCUT2D eigenvalue weighted by molar-refractivity contribution is -0.384. The molecule has 0 spiro atoms. The average Bonchev–Trinajstić information content (AvgIpc) is 3.14. The summed E-state index contributed by atoms with van der Waals surface area (Å²) in [5.41, 5.74) is 2.11. The van der Waals surface area contributed by atoms with E-state index in [0.29, 0.717) is 34.2 Å². The fourth-order valence-electron chi connectivity index (χ4n) is 2.71. The Kier molecular flexibility index (Phi) is 6.06. The topological polar surface area (TPSA) is 90.1 Å². The molecule has 1 amide bonds. The van der Waals surface area contributed by atoms with E-state index in [1.807, 2.05) is 13.0 Å². The first-order chi connectivity index (χ1) is 13.5. The number of halogens is 1. The van der Waals surface area contributed by atoms with Crippen molar-refractivity contribution in [3.63, 3.8) is 0 Å². The summed E-state index contributed by atoms with van der Waals surface area (Å²) < 4.78 is 1.50. The van der Waals surface area contributed by atoms with Crippen LogP contribution >= 0.6 is 11.6 Å². The summed E-state index contributed by atoms with van der Waals surface area (Å²) in [6.45, 7) is 2.61. The van der Waals surface area contributed by atoms with Gasteiger partial charge < -0.3 is 5.32 Å². The van der Waals surface area contributed by atoms with Crippen molar-refractivity contribution in [3.8, 4) is 16.9 Å². The molecule has 7 nitrogen and oxygen atoms in total. The normalized spacial score (nSPS) is 10.6. The molecule has 1 heterocycles. The minimum atomic E-state index is -0.460. The van der Waals surface area contributed by atoms with Crippen molar-refractivity contribution in [2.24, 2.45) is 0 Å². The van der Waals surface area contributed by atoms with E-state index >= 15 is 0 Å². The number of benzene rings is 2. The third-order valence-electron chi connectivity index (χ3n) is 4.21. The Labute approximate surface area is 167 Å². The number of nitrogens with zero attached hydrogens (tertiary/aromatic N) is 3. The molecule has 28 heavy (non-hydrogen) atoms. The maximum absolute atomic E-state index is 12.7. The van der Waals surface area contributed by atoms with Gasteiger partial charge in [0, 0.05) is 24.2 Å². The smallest absolute Gasteiger partial charge is 0.270 e. The number of rotatable bonds is 7. The SMILES string of the molecule is CCCCNC(=O)c1cc(-c2ccc([N+](=O)[O-])cc2)nn1-c1ccccc1Cl. The maximum atomic E-state index is 12.7. The second kappa shape index (κ2) is 8.67. The van der Waals surface area contributed by atoms with Crippen molar-refractivity contribution in [1.82, 2.24) is 15.1 Å². The largest absolute Gasteiger partial charge is 0.351 e. The molecule has 1 aromatic heterocycles. The first-order valence-electron chi connectivity index (χ1n) is 8.89.